The van der Waals surface area contributed by atoms with Crippen LogP contribution in [0.5, 0.6) is 0 Å². The zero-order valence-corrected chi connectivity index (χ0v) is 22.0. The molecule has 3 fully saturated rings. The van der Waals surface area contributed by atoms with Crippen LogP contribution < -0.4 is 5.32 Å². The molecule has 0 aliphatic carbocycles. The maximum atomic E-state index is 13.6. The SMILES string of the molecule is CC[C@H](C)[C@H](SC(=O)CN1CCSCC1)C(=O)NC12SCC(C(=O)O)N1C(=O)CCCC2C. The number of hydrogen-bond donors (Lipinski definition) is 2. The van der Waals surface area contributed by atoms with E-state index < -0.39 is 22.3 Å². The predicted molar refractivity (Wildman–Crippen MR) is 134 cm³/mol. The summed E-state index contributed by atoms with van der Waals surface area (Å²) in [5.74, 6) is 0.540. The Balaban J connectivity index is 1.79. The molecular weight excluding hydrogens is 482 g/mol. The molecule has 2 N–H and O–H groups in total. The van der Waals surface area contributed by atoms with Crippen molar-refractivity contribution in [1.82, 2.24) is 15.1 Å². The van der Waals surface area contributed by atoms with Gasteiger partial charge in [-0.3, -0.25) is 24.2 Å². The molecule has 3 saturated heterocycles. The monoisotopic (exact) mass is 517 g/mol. The summed E-state index contributed by atoms with van der Waals surface area (Å²) >= 11 is 4.30. The average Bonchev–Trinajstić information content (AvgIpc) is 3.13. The average molecular weight is 518 g/mol. The molecule has 0 aromatic heterocycles. The van der Waals surface area contributed by atoms with Crippen LogP contribution in [0.25, 0.3) is 0 Å². The molecule has 0 saturated carbocycles. The third kappa shape index (κ3) is 6.02. The lowest BCUT2D eigenvalue weighted by atomic mass is 9.99. The van der Waals surface area contributed by atoms with E-state index in [0.29, 0.717) is 13.0 Å². The Hall–Kier alpha value is -0.910. The van der Waals surface area contributed by atoms with Crippen LogP contribution in [0.15, 0.2) is 0 Å². The summed E-state index contributed by atoms with van der Waals surface area (Å²) in [4.78, 5) is 53.8. The van der Waals surface area contributed by atoms with Crippen molar-refractivity contribution in [3.63, 3.8) is 0 Å². The van der Waals surface area contributed by atoms with Gasteiger partial charge in [-0.15, -0.1) is 11.8 Å². The molecule has 5 atom stereocenters. The van der Waals surface area contributed by atoms with Gasteiger partial charge in [-0.05, 0) is 18.8 Å². The second-order valence-corrected chi connectivity index (χ2v) is 12.8. The van der Waals surface area contributed by atoms with Crippen molar-refractivity contribution in [2.45, 2.75) is 62.7 Å². The van der Waals surface area contributed by atoms with E-state index in [9.17, 15) is 24.3 Å². The van der Waals surface area contributed by atoms with E-state index in [0.717, 1.165) is 49.2 Å². The number of nitrogens with zero attached hydrogens (tertiary/aromatic N) is 2. The van der Waals surface area contributed by atoms with E-state index in [4.69, 9.17) is 0 Å². The smallest absolute Gasteiger partial charge is 0.327 e. The summed E-state index contributed by atoms with van der Waals surface area (Å²) in [6.45, 7) is 8.00. The van der Waals surface area contributed by atoms with E-state index in [1.807, 2.05) is 32.5 Å². The van der Waals surface area contributed by atoms with Gasteiger partial charge in [0.05, 0.1) is 11.8 Å². The topological polar surface area (TPSA) is 107 Å². The fourth-order valence-electron chi connectivity index (χ4n) is 4.61. The van der Waals surface area contributed by atoms with Crippen LogP contribution in [-0.2, 0) is 19.2 Å². The molecule has 0 aromatic carbocycles. The number of carboxylic acid groups (broad SMARTS) is 1. The van der Waals surface area contributed by atoms with Crippen molar-refractivity contribution in [1.29, 1.82) is 0 Å². The molecule has 3 aliphatic heterocycles. The van der Waals surface area contributed by atoms with Gasteiger partial charge < -0.3 is 10.4 Å². The summed E-state index contributed by atoms with van der Waals surface area (Å²) in [6, 6.07) is -0.961. The fourth-order valence-corrected chi connectivity index (χ4v) is 8.36. The van der Waals surface area contributed by atoms with Crippen LogP contribution >= 0.6 is 35.3 Å². The van der Waals surface area contributed by atoms with Crippen molar-refractivity contribution < 1.29 is 24.3 Å². The second kappa shape index (κ2) is 11.7. The molecule has 3 rings (SSSR count). The zero-order valence-electron chi connectivity index (χ0n) is 19.6. The quantitative estimate of drug-likeness (QED) is 0.502. The van der Waals surface area contributed by atoms with Crippen molar-refractivity contribution in [2.24, 2.45) is 11.8 Å². The fraction of sp³-hybridized carbons (Fsp3) is 0.818. The largest absolute Gasteiger partial charge is 0.480 e. The highest BCUT2D eigenvalue weighted by Gasteiger charge is 2.57. The first-order chi connectivity index (χ1) is 15.7. The Morgan fingerprint density at radius 1 is 1.30 bits per heavy atom. The Morgan fingerprint density at radius 2 is 2.00 bits per heavy atom. The van der Waals surface area contributed by atoms with Gasteiger partial charge in [0.25, 0.3) is 0 Å². The number of hydrogen-bond acceptors (Lipinski definition) is 8. The first-order valence-corrected chi connectivity index (χ1v) is 14.7. The molecule has 3 heterocycles. The van der Waals surface area contributed by atoms with Crippen molar-refractivity contribution in [2.75, 3.05) is 36.9 Å². The Labute approximate surface area is 208 Å². The minimum Gasteiger partial charge on any atom is -0.480 e. The van der Waals surface area contributed by atoms with Gasteiger partial charge in [0, 0.05) is 42.7 Å². The Bertz CT molecular complexity index is 764. The Morgan fingerprint density at radius 3 is 2.64 bits per heavy atom. The van der Waals surface area contributed by atoms with Gasteiger partial charge in [-0.25, -0.2) is 4.79 Å². The van der Waals surface area contributed by atoms with Gasteiger partial charge in [0.15, 0.2) is 4.99 Å². The third-order valence-electron chi connectivity index (χ3n) is 6.82. The third-order valence-corrected chi connectivity index (χ3v) is 10.7. The molecule has 0 spiro atoms. The molecular formula is C22H35N3O5S3. The lowest BCUT2D eigenvalue weighted by Gasteiger charge is -2.43. The van der Waals surface area contributed by atoms with Gasteiger partial charge in [-0.1, -0.05) is 39.0 Å². The minimum atomic E-state index is -1.09. The molecule has 11 heteroatoms. The molecule has 186 valence electrons. The number of carbonyl (C=O) groups excluding carboxylic acids is 3. The van der Waals surface area contributed by atoms with Crippen LogP contribution in [0, 0.1) is 11.8 Å². The molecule has 0 aromatic rings. The lowest BCUT2D eigenvalue weighted by molar-refractivity contribution is -0.153. The number of rotatable bonds is 8. The van der Waals surface area contributed by atoms with Crippen LogP contribution in [0.4, 0.5) is 0 Å². The minimum absolute atomic E-state index is 0.0239. The summed E-state index contributed by atoms with van der Waals surface area (Å²) in [5.41, 5.74) is 0. The van der Waals surface area contributed by atoms with E-state index in [2.05, 4.69) is 10.2 Å². The molecule has 3 unspecified atom stereocenters. The van der Waals surface area contributed by atoms with Gasteiger partial charge in [-0.2, -0.15) is 11.8 Å². The normalized spacial score (nSPS) is 30.3. The van der Waals surface area contributed by atoms with Crippen LogP contribution in [0.2, 0.25) is 0 Å². The van der Waals surface area contributed by atoms with Gasteiger partial charge in [0.2, 0.25) is 16.9 Å². The Kier molecular flexibility index (Phi) is 9.45. The lowest BCUT2D eigenvalue weighted by Crippen LogP contribution is -2.64. The first-order valence-electron chi connectivity index (χ1n) is 11.7. The number of fused-ring (bicyclic) bond motifs is 1. The van der Waals surface area contributed by atoms with Crippen LogP contribution in [0.3, 0.4) is 0 Å². The summed E-state index contributed by atoms with van der Waals surface area (Å²) in [6.07, 6.45) is 2.39. The second-order valence-electron chi connectivity index (χ2n) is 9.09. The van der Waals surface area contributed by atoms with E-state index >= 15 is 0 Å². The maximum Gasteiger partial charge on any atom is 0.327 e. The molecule has 0 radical (unpaired) electrons. The molecule has 0 bridgehead atoms. The first kappa shape index (κ1) is 26.7. The van der Waals surface area contributed by atoms with Crippen LogP contribution in [-0.4, -0.2) is 91.0 Å². The highest BCUT2D eigenvalue weighted by atomic mass is 32.2. The summed E-state index contributed by atoms with van der Waals surface area (Å²) in [7, 11) is 0. The molecule has 2 amide bonds. The number of carbonyl (C=O) groups is 4. The number of amides is 2. The number of nitrogens with one attached hydrogen (secondary N) is 1. The molecule has 3 aliphatic rings. The number of aliphatic carboxylic acids is 1. The van der Waals surface area contributed by atoms with Crippen molar-refractivity contribution in [3.8, 4) is 0 Å². The van der Waals surface area contributed by atoms with Crippen LogP contribution in [0.1, 0.15) is 46.5 Å². The molecule has 33 heavy (non-hydrogen) atoms. The van der Waals surface area contributed by atoms with Gasteiger partial charge in [0.1, 0.15) is 6.04 Å². The summed E-state index contributed by atoms with van der Waals surface area (Å²) in [5, 5.41) is 12.2. The van der Waals surface area contributed by atoms with Gasteiger partial charge >= 0.3 is 5.97 Å². The standard InChI is InChI=1S/C22H35N3O5S3/c1-4-14(2)19(33-18(27)12-24-8-10-31-11-9-24)20(28)23-22-15(3)6-5-7-17(26)25(22)16(13-32-22)21(29)30/h14-16,19H,4-13H2,1-3H3,(H,23,28)(H,29,30)/t14-,15?,16?,19-,22?/m0/s1. The predicted octanol–water partition coefficient (Wildman–Crippen LogP) is 2.33. The molecule has 8 nitrogen and oxygen atoms in total. The number of carboxylic acids is 1. The van der Waals surface area contributed by atoms with E-state index in [-0.39, 0.29) is 40.9 Å². The zero-order chi connectivity index (χ0) is 24.2. The van der Waals surface area contributed by atoms with E-state index in [1.165, 1.54) is 16.7 Å². The number of thioether (sulfide) groups is 3. The highest BCUT2D eigenvalue weighted by Crippen LogP contribution is 2.47. The van der Waals surface area contributed by atoms with Crippen molar-refractivity contribution in [3.05, 3.63) is 0 Å². The highest BCUT2D eigenvalue weighted by molar-refractivity contribution is 8.14. The van der Waals surface area contributed by atoms with Crippen molar-refractivity contribution >= 4 is 58.2 Å². The van der Waals surface area contributed by atoms with E-state index in [1.54, 1.807) is 0 Å². The summed E-state index contributed by atoms with van der Waals surface area (Å²) < 4.78 is 0. The maximum absolute atomic E-state index is 13.6.